The first-order valence-corrected chi connectivity index (χ1v) is 8.12. The van der Waals surface area contributed by atoms with E-state index in [2.05, 4.69) is 25.2 Å². The van der Waals surface area contributed by atoms with Gasteiger partial charge in [-0.1, -0.05) is 45.2 Å². The molecule has 1 aliphatic carbocycles. The van der Waals surface area contributed by atoms with Gasteiger partial charge in [0.1, 0.15) is 5.75 Å². The minimum atomic E-state index is -0.00497. The van der Waals surface area contributed by atoms with Gasteiger partial charge in [0.2, 0.25) is 0 Å². The summed E-state index contributed by atoms with van der Waals surface area (Å²) in [6.07, 6.45) is 6.45. The van der Waals surface area contributed by atoms with E-state index in [1.165, 1.54) is 32.1 Å². The van der Waals surface area contributed by atoms with Crippen molar-refractivity contribution in [1.82, 2.24) is 5.32 Å². The first kappa shape index (κ1) is 14.4. The number of ether oxygens (including phenoxy) is 1. The smallest absolute Gasteiger partial charge is 0.255 e. The van der Waals surface area contributed by atoms with E-state index in [9.17, 15) is 4.79 Å². The molecule has 3 heteroatoms. The van der Waals surface area contributed by atoms with Crippen LogP contribution in [0.5, 0.6) is 5.75 Å². The fourth-order valence-electron chi connectivity index (χ4n) is 3.46. The lowest BCUT2D eigenvalue weighted by molar-refractivity contribution is 0.0940. The van der Waals surface area contributed by atoms with E-state index in [0.29, 0.717) is 18.1 Å². The van der Waals surface area contributed by atoms with Crippen molar-refractivity contribution in [2.24, 2.45) is 5.92 Å². The molecule has 1 fully saturated rings. The Labute approximate surface area is 127 Å². The molecular formula is C18H25NO2. The molecule has 0 radical (unpaired) electrons. The summed E-state index contributed by atoms with van der Waals surface area (Å²) in [6.45, 7) is 5.76. The Morgan fingerprint density at radius 2 is 2.05 bits per heavy atom. The molecule has 0 bridgehead atoms. The first-order chi connectivity index (χ1) is 10.1. The highest BCUT2D eigenvalue weighted by Crippen LogP contribution is 2.40. The van der Waals surface area contributed by atoms with Crippen LogP contribution in [0.1, 0.15) is 61.9 Å². The number of hydrogen-bond donors (Lipinski definition) is 1. The molecule has 2 aliphatic rings. The van der Waals surface area contributed by atoms with Gasteiger partial charge in [0.25, 0.3) is 5.91 Å². The summed E-state index contributed by atoms with van der Waals surface area (Å²) in [7, 11) is 0. The van der Waals surface area contributed by atoms with Gasteiger partial charge in [0.05, 0.1) is 12.2 Å². The molecule has 1 saturated carbocycles. The number of para-hydroxylation sites is 1. The van der Waals surface area contributed by atoms with Gasteiger partial charge in [-0.25, -0.2) is 0 Å². The maximum absolute atomic E-state index is 12.5. The second kappa shape index (κ2) is 5.70. The summed E-state index contributed by atoms with van der Waals surface area (Å²) >= 11 is 0. The predicted molar refractivity (Wildman–Crippen MR) is 83.9 cm³/mol. The Morgan fingerprint density at radius 3 is 2.81 bits per heavy atom. The lowest BCUT2D eigenvalue weighted by Crippen LogP contribution is -2.30. The molecule has 3 nitrogen and oxygen atoms in total. The van der Waals surface area contributed by atoms with E-state index in [0.717, 1.165) is 17.9 Å². The highest BCUT2D eigenvalue weighted by Gasteiger charge is 2.34. The third-order valence-corrected chi connectivity index (χ3v) is 4.84. The summed E-state index contributed by atoms with van der Waals surface area (Å²) in [5.74, 6) is 1.44. The van der Waals surface area contributed by atoms with Gasteiger partial charge in [-0.3, -0.25) is 4.79 Å². The van der Waals surface area contributed by atoms with E-state index in [4.69, 9.17) is 4.74 Å². The van der Waals surface area contributed by atoms with Crippen LogP contribution in [0.4, 0.5) is 0 Å². The molecular weight excluding hydrogens is 262 g/mol. The van der Waals surface area contributed by atoms with Gasteiger partial charge in [-0.2, -0.15) is 0 Å². The summed E-state index contributed by atoms with van der Waals surface area (Å²) in [5, 5.41) is 3.11. The second-order valence-corrected chi connectivity index (χ2v) is 7.07. The fourth-order valence-corrected chi connectivity index (χ4v) is 3.46. The van der Waals surface area contributed by atoms with Crippen molar-refractivity contribution >= 4 is 5.91 Å². The Balaban J connectivity index is 1.69. The van der Waals surface area contributed by atoms with E-state index in [1.54, 1.807) is 0 Å². The third kappa shape index (κ3) is 2.92. The number of nitrogens with one attached hydrogen (secondary N) is 1. The summed E-state index contributed by atoms with van der Waals surface area (Å²) in [6, 6.07) is 5.90. The van der Waals surface area contributed by atoms with Gasteiger partial charge >= 0.3 is 0 Å². The Hall–Kier alpha value is -1.51. The zero-order valence-electron chi connectivity index (χ0n) is 13.1. The predicted octanol–water partition coefficient (Wildman–Crippen LogP) is 3.67. The third-order valence-electron chi connectivity index (χ3n) is 4.84. The quantitative estimate of drug-likeness (QED) is 0.921. The maximum atomic E-state index is 12.5. The van der Waals surface area contributed by atoms with Crippen molar-refractivity contribution in [3.63, 3.8) is 0 Å². The van der Waals surface area contributed by atoms with E-state index in [-0.39, 0.29) is 11.3 Å². The van der Waals surface area contributed by atoms with E-state index >= 15 is 0 Å². The Bertz CT molecular complexity index is 530. The van der Waals surface area contributed by atoms with Crippen LogP contribution >= 0.6 is 0 Å². The van der Waals surface area contributed by atoms with Crippen LogP contribution < -0.4 is 10.1 Å². The normalized spacial score (nSPS) is 20.7. The highest BCUT2D eigenvalue weighted by molar-refractivity contribution is 5.97. The van der Waals surface area contributed by atoms with Gasteiger partial charge in [0, 0.05) is 17.5 Å². The lowest BCUT2D eigenvalue weighted by atomic mass is 9.86. The maximum Gasteiger partial charge on any atom is 0.255 e. The molecule has 21 heavy (non-hydrogen) atoms. The van der Waals surface area contributed by atoms with Crippen LogP contribution in [0.3, 0.4) is 0 Å². The van der Waals surface area contributed by atoms with Gasteiger partial charge in [-0.15, -0.1) is 0 Å². The number of amides is 1. The average Bonchev–Trinajstić information content (AvgIpc) is 2.82. The van der Waals surface area contributed by atoms with Gasteiger partial charge < -0.3 is 10.1 Å². The first-order valence-electron chi connectivity index (χ1n) is 8.12. The fraction of sp³-hybridized carbons (Fsp3) is 0.611. The second-order valence-electron chi connectivity index (χ2n) is 7.07. The molecule has 1 amide bonds. The zero-order chi connectivity index (χ0) is 14.9. The zero-order valence-corrected chi connectivity index (χ0v) is 13.1. The molecule has 0 unspecified atom stereocenters. The molecule has 0 saturated heterocycles. The van der Waals surface area contributed by atoms with Gasteiger partial charge in [0.15, 0.2) is 0 Å². The van der Waals surface area contributed by atoms with Crippen LogP contribution in [-0.4, -0.2) is 19.1 Å². The molecule has 1 N–H and O–H groups in total. The number of carbonyl (C=O) groups excluding carboxylic acids is 1. The van der Waals surface area contributed by atoms with E-state index in [1.807, 2.05) is 12.1 Å². The van der Waals surface area contributed by atoms with E-state index < -0.39 is 0 Å². The summed E-state index contributed by atoms with van der Waals surface area (Å²) < 4.78 is 5.80. The minimum Gasteiger partial charge on any atom is -0.492 e. The molecule has 1 aliphatic heterocycles. The van der Waals surface area contributed by atoms with Crippen molar-refractivity contribution in [3.05, 3.63) is 29.3 Å². The minimum absolute atomic E-state index is 0.00497. The van der Waals surface area contributed by atoms with Crippen molar-refractivity contribution < 1.29 is 9.53 Å². The molecule has 0 spiro atoms. The lowest BCUT2D eigenvalue weighted by Gasteiger charge is -2.22. The van der Waals surface area contributed by atoms with Gasteiger partial charge in [-0.05, 0) is 24.8 Å². The van der Waals surface area contributed by atoms with Crippen LogP contribution in [0.15, 0.2) is 18.2 Å². The van der Waals surface area contributed by atoms with Crippen molar-refractivity contribution in [2.45, 2.75) is 51.4 Å². The van der Waals surface area contributed by atoms with Crippen molar-refractivity contribution in [1.29, 1.82) is 0 Å². The summed E-state index contributed by atoms with van der Waals surface area (Å²) in [4.78, 5) is 12.5. The monoisotopic (exact) mass is 287 g/mol. The van der Waals surface area contributed by atoms with Crippen LogP contribution in [0.2, 0.25) is 0 Å². The largest absolute Gasteiger partial charge is 0.492 e. The summed E-state index contributed by atoms with van der Waals surface area (Å²) in [5.41, 5.74) is 1.83. The molecule has 3 rings (SSSR count). The van der Waals surface area contributed by atoms with Crippen molar-refractivity contribution in [3.8, 4) is 5.75 Å². The standard InChI is InChI=1S/C18H25NO2/c1-18(2)12-21-16-14(9-6-10-15(16)18)17(20)19-11-13-7-4-3-5-8-13/h6,9-10,13H,3-5,7-8,11-12H2,1-2H3,(H,19,20). The molecule has 1 heterocycles. The topological polar surface area (TPSA) is 38.3 Å². The molecule has 0 atom stereocenters. The number of carbonyl (C=O) groups is 1. The van der Waals surface area contributed by atoms with Crippen LogP contribution in [0.25, 0.3) is 0 Å². The van der Waals surface area contributed by atoms with Crippen molar-refractivity contribution in [2.75, 3.05) is 13.2 Å². The number of benzene rings is 1. The number of fused-ring (bicyclic) bond motifs is 1. The van der Waals surface area contributed by atoms with Crippen LogP contribution in [-0.2, 0) is 5.41 Å². The Kier molecular flexibility index (Phi) is 3.92. The molecule has 0 aromatic heterocycles. The van der Waals surface area contributed by atoms with Crippen LogP contribution in [0, 0.1) is 5.92 Å². The molecule has 1 aromatic carbocycles. The highest BCUT2D eigenvalue weighted by atomic mass is 16.5. The SMILES string of the molecule is CC1(C)COc2c(C(=O)NCC3CCCCC3)cccc21. The Morgan fingerprint density at radius 1 is 1.29 bits per heavy atom. The number of rotatable bonds is 3. The molecule has 114 valence electrons. The molecule has 1 aromatic rings. The number of hydrogen-bond acceptors (Lipinski definition) is 2. The average molecular weight is 287 g/mol.